The molecule has 0 aliphatic heterocycles. The predicted octanol–water partition coefficient (Wildman–Crippen LogP) is 3.86. The maximum Gasteiger partial charge on any atom is 0.0751 e. The normalized spacial score (nSPS) is 10.0. The van der Waals surface area contributed by atoms with Crippen molar-refractivity contribution in [3.05, 3.63) is 48.2 Å². The van der Waals surface area contributed by atoms with E-state index in [1.165, 1.54) is 5.56 Å². The number of aliphatic hydroxyl groups excluding tert-OH is 1. The zero-order valence-corrected chi connectivity index (χ0v) is 9.52. The topological polar surface area (TPSA) is 20.2 Å². The van der Waals surface area contributed by atoms with Crippen LogP contribution >= 0.6 is 0 Å². The first-order valence-corrected chi connectivity index (χ1v) is 5.72. The molecule has 0 unspecified atom stereocenters. The van der Waals surface area contributed by atoms with Crippen LogP contribution in [0.5, 0.6) is 0 Å². The fraction of sp³-hybridized carbons (Fsp3) is 0.333. The lowest BCUT2D eigenvalue weighted by Crippen LogP contribution is -1.81. The second kappa shape index (κ2) is 8.61. The zero-order chi connectivity index (χ0) is 11.5. The van der Waals surface area contributed by atoms with Crippen molar-refractivity contribution in [3.63, 3.8) is 0 Å². The summed E-state index contributed by atoms with van der Waals surface area (Å²) in [6.07, 6.45) is 7.66. The Morgan fingerprint density at radius 3 is 2.56 bits per heavy atom. The van der Waals surface area contributed by atoms with E-state index < -0.39 is 0 Å². The molecule has 0 bridgehead atoms. The lowest BCUT2D eigenvalue weighted by molar-refractivity contribution is 0.470. The molecule has 0 spiro atoms. The second-order valence-electron chi connectivity index (χ2n) is 3.62. The van der Waals surface area contributed by atoms with Crippen LogP contribution in [0, 0.1) is 11.8 Å². The summed E-state index contributed by atoms with van der Waals surface area (Å²) in [4.78, 5) is 0. The van der Waals surface area contributed by atoms with Crippen LogP contribution in [0.3, 0.4) is 0 Å². The van der Waals surface area contributed by atoms with Crippen LogP contribution in [0.15, 0.2) is 42.7 Å². The molecule has 0 atom stereocenters. The number of hydrogen-bond acceptors (Lipinski definition) is 1. The van der Waals surface area contributed by atoms with Crippen LogP contribution in [0.25, 0.3) is 0 Å². The molecular formula is C15H18O. The van der Waals surface area contributed by atoms with Crippen molar-refractivity contribution in [2.24, 2.45) is 0 Å². The van der Waals surface area contributed by atoms with Gasteiger partial charge in [0.15, 0.2) is 0 Å². The summed E-state index contributed by atoms with van der Waals surface area (Å²) in [5.74, 6) is 6.32. The molecular weight excluding hydrogens is 196 g/mol. The van der Waals surface area contributed by atoms with Crippen molar-refractivity contribution >= 4 is 0 Å². The van der Waals surface area contributed by atoms with Crippen molar-refractivity contribution in [1.29, 1.82) is 0 Å². The van der Waals surface area contributed by atoms with Gasteiger partial charge < -0.3 is 5.11 Å². The van der Waals surface area contributed by atoms with Crippen molar-refractivity contribution in [2.45, 2.75) is 32.1 Å². The lowest BCUT2D eigenvalue weighted by atomic mass is 10.1. The highest BCUT2D eigenvalue weighted by Gasteiger charge is 1.87. The Kier molecular flexibility index (Phi) is 6.67. The zero-order valence-electron chi connectivity index (χ0n) is 9.52. The summed E-state index contributed by atoms with van der Waals surface area (Å²) in [5.41, 5.74) is 1.35. The minimum Gasteiger partial charge on any atom is -0.516 e. The molecule has 0 heterocycles. The number of benzene rings is 1. The van der Waals surface area contributed by atoms with Gasteiger partial charge in [-0.1, -0.05) is 36.4 Å². The van der Waals surface area contributed by atoms with Gasteiger partial charge in [0.2, 0.25) is 0 Å². The number of unbranched alkanes of at least 4 members (excludes halogenated alkanes) is 2. The number of rotatable bonds is 5. The summed E-state index contributed by atoms with van der Waals surface area (Å²) in [5, 5.41) is 8.42. The minimum absolute atomic E-state index is 0.907. The number of allylic oxidation sites excluding steroid dienone is 1. The molecule has 0 saturated heterocycles. The van der Waals surface area contributed by atoms with E-state index in [9.17, 15) is 0 Å². The molecule has 1 aromatic rings. The number of aliphatic hydroxyl groups is 1. The third-order valence-corrected chi connectivity index (χ3v) is 2.28. The molecule has 1 aromatic carbocycles. The maximum atomic E-state index is 8.42. The summed E-state index contributed by atoms with van der Waals surface area (Å²) in [7, 11) is 0. The molecule has 0 aliphatic carbocycles. The highest BCUT2D eigenvalue weighted by atomic mass is 16.2. The third-order valence-electron chi connectivity index (χ3n) is 2.28. The van der Waals surface area contributed by atoms with E-state index in [1.54, 1.807) is 6.08 Å². The maximum absolute atomic E-state index is 8.42. The van der Waals surface area contributed by atoms with Crippen LogP contribution < -0.4 is 0 Å². The van der Waals surface area contributed by atoms with Gasteiger partial charge in [0, 0.05) is 12.8 Å². The smallest absolute Gasteiger partial charge is 0.0751 e. The van der Waals surface area contributed by atoms with Crippen molar-refractivity contribution in [1.82, 2.24) is 0 Å². The van der Waals surface area contributed by atoms with Crippen LogP contribution in [-0.4, -0.2) is 5.11 Å². The average Bonchev–Trinajstić information content (AvgIpc) is 2.34. The van der Waals surface area contributed by atoms with Crippen molar-refractivity contribution < 1.29 is 5.11 Å². The number of hydrogen-bond donors (Lipinski definition) is 1. The van der Waals surface area contributed by atoms with Gasteiger partial charge >= 0.3 is 0 Å². The largest absolute Gasteiger partial charge is 0.516 e. The Morgan fingerprint density at radius 1 is 1.06 bits per heavy atom. The number of aryl methyl sites for hydroxylation is 1. The van der Waals surface area contributed by atoms with E-state index in [1.807, 2.05) is 6.07 Å². The molecule has 0 amide bonds. The van der Waals surface area contributed by atoms with E-state index in [2.05, 4.69) is 36.1 Å². The Hall–Kier alpha value is -1.68. The van der Waals surface area contributed by atoms with E-state index in [-0.39, 0.29) is 0 Å². The summed E-state index contributed by atoms with van der Waals surface area (Å²) < 4.78 is 0. The van der Waals surface area contributed by atoms with Gasteiger partial charge in [-0.2, -0.15) is 0 Å². The van der Waals surface area contributed by atoms with E-state index in [0.717, 1.165) is 38.4 Å². The molecule has 0 aliphatic rings. The van der Waals surface area contributed by atoms with Gasteiger partial charge in [-0.3, -0.25) is 0 Å². The molecule has 0 aromatic heterocycles. The van der Waals surface area contributed by atoms with Crippen molar-refractivity contribution in [3.8, 4) is 11.8 Å². The lowest BCUT2D eigenvalue weighted by Gasteiger charge is -1.94. The first kappa shape index (κ1) is 12.4. The molecule has 0 saturated carbocycles. The first-order valence-electron chi connectivity index (χ1n) is 5.72. The van der Waals surface area contributed by atoms with Crippen LogP contribution in [0.4, 0.5) is 0 Å². The standard InChI is InChI=1S/C15H18O/c16-14-10-5-3-1-2-4-7-11-15-12-8-6-9-13-15/h6,8-10,12-14,16H,1,3,5,7,11H2. The molecule has 1 heteroatoms. The van der Waals surface area contributed by atoms with E-state index in [0.29, 0.717) is 0 Å². The van der Waals surface area contributed by atoms with E-state index in [4.69, 9.17) is 5.11 Å². The molecule has 84 valence electrons. The highest BCUT2D eigenvalue weighted by molar-refractivity contribution is 5.16. The van der Waals surface area contributed by atoms with E-state index >= 15 is 0 Å². The van der Waals surface area contributed by atoms with Gasteiger partial charge in [0.1, 0.15) is 0 Å². The summed E-state index contributed by atoms with van der Waals surface area (Å²) in [6, 6.07) is 10.4. The quantitative estimate of drug-likeness (QED) is 0.448. The molecule has 1 nitrogen and oxygen atoms in total. The van der Waals surface area contributed by atoms with Crippen LogP contribution in [-0.2, 0) is 6.42 Å². The van der Waals surface area contributed by atoms with Gasteiger partial charge in [-0.25, -0.2) is 0 Å². The molecule has 1 rings (SSSR count). The molecule has 1 N–H and O–H groups in total. The van der Waals surface area contributed by atoms with Crippen molar-refractivity contribution in [2.75, 3.05) is 0 Å². The Labute approximate surface area is 97.8 Å². The molecule has 16 heavy (non-hydrogen) atoms. The van der Waals surface area contributed by atoms with Crippen LogP contribution in [0.2, 0.25) is 0 Å². The fourth-order valence-corrected chi connectivity index (χ4v) is 1.41. The first-order chi connectivity index (χ1) is 7.93. The summed E-state index contributed by atoms with van der Waals surface area (Å²) in [6.45, 7) is 0. The second-order valence-corrected chi connectivity index (χ2v) is 3.62. The Morgan fingerprint density at radius 2 is 1.81 bits per heavy atom. The van der Waals surface area contributed by atoms with Gasteiger partial charge in [-0.05, 0) is 24.8 Å². The molecule has 0 fully saturated rings. The molecule has 0 radical (unpaired) electrons. The van der Waals surface area contributed by atoms with Gasteiger partial charge in [0.25, 0.3) is 0 Å². The fourth-order valence-electron chi connectivity index (χ4n) is 1.41. The van der Waals surface area contributed by atoms with Crippen LogP contribution in [0.1, 0.15) is 31.2 Å². The summed E-state index contributed by atoms with van der Waals surface area (Å²) >= 11 is 0. The third kappa shape index (κ3) is 5.93. The van der Waals surface area contributed by atoms with Gasteiger partial charge in [0.05, 0.1) is 6.26 Å². The Balaban J connectivity index is 2.09. The Bertz CT molecular complexity index is 354. The average molecular weight is 214 g/mol. The SMILES string of the molecule is OC=CCCCC#CCCc1ccccc1. The minimum atomic E-state index is 0.907. The highest BCUT2D eigenvalue weighted by Crippen LogP contribution is 2.01. The monoisotopic (exact) mass is 214 g/mol. The van der Waals surface area contributed by atoms with Gasteiger partial charge in [-0.15, -0.1) is 11.8 Å². The predicted molar refractivity (Wildman–Crippen MR) is 68.2 cm³/mol.